The zero-order chi connectivity index (χ0) is 15.5. The SMILES string of the molecule is CC(C)NC(=O)N1Cc2nccn2C[C@H](CN2CCCC2)C1. The predicted molar refractivity (Wildman–Crippen MR) is 85.5 cm³/mol. The molecular weight excluding hydrogens is 278 g/mol. The molecule has 0 aliphatic carbocycles. The summed E-state index contributed by atoms with van der Waals surface area (Å²) in [7, 11) is 0. The fourth-order valence-corrected chi connectivity index (χ4v) is 3.48. The van der Waals surface area contributed by atoms with Gasteiger partial charge in [0, 0.05) is 44.0 Å². The number of imidazole rings is 1. The van der Waals surface area contributed by atoms with Crippen LogP contribution in [0, 0.1) is 5.92 Å². The Morgan fingerprint density at radius 2 is 2.14 bits per heavy atom. The summed E-state index contributed by atoms with van der Waals surface area (Å²) in [5.41, 5.74) is 0. The second-order valence-corrected chi connectivity index (χ2v) is 6.85. The van der Waals surface area contributed by atoms with Crippen molar-refractivity contribution in [1.29, 1.82) is 0 Å². The first-order chi connectivity index (χ1) is 10.6. The van der Waals surface area contributed by atoms with Crippen molar-refractivity contribution >= 4 is 6.03 Å². The first-order valence-corrected chi connectivity index (χ1v) is 8.39. The molecule has 0 radical (unpaired) electrons. The zero-order valence-electron chi connectivity index (χ0n) is 13.7. The molecule has 0 spiro atoms. The zero-order valence-corrected chi connectivity index (χ0v) is 13.7. The van der Waals surface area contributed by atoms with Gasteiger partial charge in [0.1, 0.15) is 5.82 Å². The third-order valence-electron chi connectivity index (χ3n) is 4.48. The highest BCUT2D eigenvalue weighted by atomic mass is 16.2. The maximum Gasteiger partial charge on any atom is 0.318 e. The highest BCUT2D eigenvalue weighted by molar-refractivity contribution is 5.74. The highest BCUT2D eigenvalue weighted by Crippen LogP contribution is 2.18. The number of nitrogens with one attached hydrogen (secondary N) is 1. The van der Waals surface area contributed by atoms with Crippen LogP contribution in [-0.4, -0.2) is 57.6 Å². The standard InChI is InChI=1S/C16H27N5O/c1-13(2)18-16(22)21-11-14(9-19-6-3-4-7-19)10-20-8-5-17-15(20)12-21/h5,8,13-14H,3-4,6-7,9-12H2,1-2H3,(H,18,22)/t14-/m0/s1. The lowest BCUT2D eigenvalue weighted by Crippen LogP contribution is -2.45. The molecule has 1 aromatic rings. The summed E-state index contributed by atoms with van der Waals surface area (Å²) in [5.74, 6) is 1.45. The van der Waals surface area contributed by atoms with E-state index in [0.29, 0.717) is 12.5 Å². The van der Waals surface area contributed by atoms with Gasteiger partial charge < -0.3 is 19.7 Å². The number of rotatable bonds is 3. The number of hydrogen-bond acceptors (Lipinski definition) is 3. The number of likely N-dealkylation sites (tertiary alicyclic amines) is 1. The van der Waals surface area contributed by atoms with E-state index in [1.165, 1.54) is 25.9 Å². The molecule has 1 N–H and O–H groups in total. The Kier molecular flexibility index (Phi) is 4.66. The normalized spacial score (nSPS) is 22.7. The topological polar surface area (TPSA) is 53.4 Å². The summed E-state index contributed by atoms with van der Waals surface area (Å²) < 4.78 is 2.21. The minimum atomic E-state index is 0.0258. The van der Waals surface area contributed by atoms with Gasteiger partial charge in [0.25, 0.3) is 0 Å². The quantitative estimate of drug-likeness (QED) is 0.921. The molecule has 22 heavy (non-hydrogen) atoms. The van der Waals surface area contributed by atoms with Crippen LogP contribution in [0.5, 0.6) is 0 Å². The van der Waals surface area contributed by atoms with Gasteiger partial charge in [0.05, 0.1) is 6.54 Å². The molecule has 6 heteroatoms. The van der Waals surface area contributed by atoms with Crippen LogP contribution in [0.4, 0.5) is 4.79 Å². The maximum atomic E-state index is 12.4. The first kappa shape index (κ1) is 15.3. The van der Waals surface area contributed by atoms with Gasteiger partial charge in [-0.1, -0.05) is 0 Å². The Balaban J connectivity index is 1.72. The molecule has 3 heterocycles. The van der Waals surface area contributed by atoms with Crippen LogP contribution in [-0.2, 0) is 13.1 Å². The Hall–Kier alpha value is -1.56. The van der Waals surface area contributed by atoms with E-state index in [2.05, 4.69) is 19.8 Å². The molecule has 0 unspecified atom stereocenters. The fraction of sp³-hybridized carbons (Fsp3) is 0.750. The molecule has 0 aromatic carbocycles. The number of aromatic nitrogens is 2. The lowest BCUT2D eigenvalue weighted by Gasteiger charge is -2.27. The maximum absolute atomic E-state index is 12.4. The van der Waals surface area contributed by atoms with E-state index in [4.69, 9.17) is 0 Å². The minimum Gasteiger partial charge on any atom is -0.336 e. The van der Waals surface area contributed by atoms with Crippen LogP contribution in [0.3, 0.4) is 0 Å². The fourth-order valence-electron chi connectivity index (χ4n) is 3.48. The van der Waals surface area contributed by atoms with Crippen molar-refractivity contribution in [3.63, 3.8) is 0 Å². The van der Waals surface area contributed by atoms with E-state index in [0.717, 1.165) is 25.5 Å². The number of nitrogens with zero attached hydrogens (tertiary/aromatic N) is 4. The molecule has 2 aliphatic heterocycles. The van der Waals surface area contributed by atoms with E-state index >= 15 is 0 Å². The summed E-state index contributed by atoms with van der Waals surface area (Å²) in [6, 6.07) is 0.186. The molecule has 1 aromatic heterocycles. The predicted octanol–water partition coefficient (Wildman–Crippen LogP) is 1.53. The van der Waals surface area contributed by atoms with Crippen LogP contribution < -0.4 is 5.32 Å². The lowest BCUT2D eigenvalue weighted by molar-refractivity contribution is 0.172. The molecule has 1 saturated heterocycles. The molecule has 2 amide bonds. The average Bonchev–Trinajstić information content (AvgIpc) is 3.07. The minimum absolute atomic E-state index is 0.0258. The average molecular weight is 305 g/mol. The third kappa shape index (κ3) is 3.61. The molecule has 0 saturated carbocycles. The molecular formula is C16H27N5O. The summed E-state index contributed by atoms with van der Waals surface area (Å²) in [4.78, 5) is 21.3. The van der Waals surface area contributed by atoms with Gasteiger partial charge in [-0.25, -0.2) is 9.78 Å². The molecule has 3 rings (SSSR count). The van der Waals surface area contributed by atoms with Crippen molar-refractivity contribution in [1.82, 2.24) is 24.7 Å². The molecule has 0 bridgehead atoms. The first-order valence-electron chi connectivity index (χ1n) is 8.39. The highest BCUT2D eigenvalue weighted by Gasteiger charge is 2.27. The molecule has 2 aliphatic rings. The smallest absolute Gasteiger partial charge is 0.318 e. The van der Waals surface area contributed by atoms with Crippen LogP contribution in [0.1, 0.15) is 32.5 Å². The summed E-state index contributed by atoms with van der Waals surface area (Å²) >= 11 is 0. The van der Waals surface area contributed by atoms with Crippen molar-refractivity contribution < 1.29 is 4.79 Å². The van der Waals surface area contributed by atoms with Gasteiger partial charge in [-0.3, -0.25) is 0 Å². The molecule has 1 fully saturated rings. The largest absolute Gasteiger partial charge is 0.336 e. The molecule has 6 nitrogen and oxygen atoms in total. The van der Waals surface area contributed by atoms with Gasteiger partial charge in [-0.05, 0) is 39.8 Å². The van der Waals surface area contributed by atoms with Crippen LogP contribution in [0.25, 0.3) is 0 Å². The lowest BCUT2D eigenvalue weighted by atomic mass is 10.1. The second-order valence-electron chi connectivity index (χ2n) is 6.85. The van der Waals surface area contributed by atoms with Crippen molar-refractivity contribution in [2.75, 3.05) is 26.2 Å². The van der Waals surface area contributed by atoms with Crippen molar-refractivity contribution in [2.24, 2.45) is 5.92 Å². The van der Waals surface area contributed by atoms with Gasteiger partial charge >= 0.3 is 6.03 Å². The van der Waals surface area contributed by atoms with E-state index in [9.17, 15) is 4.79 Å². The van der Waals surface area contributed by atoms with E-state index in [-0.39, 0.29) is 12.1 Å². The number of carbonyl (C=O) groups excluding carboxylic acids is 1. The summed E-state index contributed by atoms with van der Waals surface area (Å²) in [6.45, 7) is 9.83. The van der Waals surface area contributed by atoms with Crippen molar-refractivity contribution in [3.05, 3.63) is 18.2 Å². The number of fused-ring (bicyclic) bond motifs is 1. The van der Waals surface area contributed by atoms with E-state index in [1.807, 2.05) is 31.1 Å². The Morgan fingerprint density at radius 3 is 2.86 bits per heavy atom. The van der Waals surface area contributed by atoms with Gasteiger partial charge in [0.15, 0.2) is 0 Å². The van der Waals surface area contributed by atoms with Crippen LogP contribution in [0.15, 0.2) is 12.4 Å². The number of amides is 2. The Bertz CT molecular complexity index is 506. The molecule has 122 valence electrons. The molecule has 1 atom stereocenters. The van der Waals surface area contributed by atoms with E-state index < -0.39 is 0 Å². The number of hydrogen-bond donors (Lipinski definition) is 1. The number of urea groups is 1. The van der Waals surface area contributed by atoms with Crippen molar-refractivity contribution in [2.45, 2.75) is 45.8 Å². The summed E-state index contributed by atoms with van der Waals surface area (Å²) in [6.07, 6.45) is 6.49. The van der Waals surface area contributed by atoms with E-state index in [1.54, 1.807) is 0 Å². The monoisotopic (exact) mass is 305 g/mol. The van der Waals surface area contributed by atoms with Gasteiger partial charge in [-0.2, -0.15) is 0 Å². The Labute approximate surface area is 132 Å². The van der Waals surface area contributed by atoms with Crippen molar-refractivity contribution in [3.8, 4) is 0 Å². The third-order valence-corrected chi connectivity index (χ3v) is 4.48. The second kappa shape index (κ2) is 6.69. The van der Waals surface area contributed by atoms with Crippen LogP contribution >= 0.6 is 0 Å². The Morgan fingerprint density at radius 1 is 1.36 bits per heavy atom. The van der Waals surface area contributed by atoms with Crippen LogP contribution in [0.2, 0.25) is 0 Å². The summed E-state index contributed by atoms with van der Waals surface area (Å²) in [5, 5.41) is 3.01. The van der Waals surface area contributed by atoms with Gasteiger partial charge in [0.2, 0.25) is 0 Å². The number of carbonyl (C=O) groups is 1. The van der Waals surface area contributed by atoms with Gasteiger partial charge in [-0.15, -0.1) is 0 Å².